The average Bonchev–Trinajstić information content (AvgIpc) is 3.10. The van der Waals surface area contributed by atoms with Crippen LogP contribution in [0.15, 0.2) is 18.2 Å². The number of hydrogen-bond acceptors (Lipinski definition) is 9. The summed E-state index contributed by atoms with van der Waals surface area (Å²) in [7, 11) is 0. The molecule has 0 saturated heterocycles. The van der Waals surface area contributed by atoms with Crippen molar-refractivity contribution in [3.8, 4) is 0 Å². The second kappa shape index (κ2) is 23.8. The third-order valence-electron chi connectivity index (χ3n) is 11.8. The minimum Gasteiger partial charge on any atom is -0.550 e. The number of nitrogens with zero attached hydrogens (tertiary/aromatic N) is 1. The number of benzene rings is 1. The number of nitrogens with two attached hydrogens (primary N) is 1. The van der Waals surface area contributed by atoms with Crippen LogP contribution in [0.3, 0.4) is 0 Å². The van der Waals surface area contributed by atoms with E-state index in [4.69, 9.17) is 11.6 Å². The Bertz CT molecular complexity index is 1430. The number of quaternary nitrogens is 1. The van der Waals surface area contributed by atoms with Crippen LogP contribution in [-0.4, -0.2) is 51.4 Å². The second-order valence-electron chi connectivity index (χ2n) is 17.8. The van der Waals surface area contributed by atoms with Gasteiger partial charge in [0.05, 0.1) is 17.0 Å². The zero-order valence-corrected chi connectivity index (χ0v) is 34.7. The van der Waals surface area contributed by atoms with Crippen LogP contribution in [0.2, 0.25) is 0 Å². The van der Waals surface area contributed by atoms with Crippen molar-refractivity contribution in [1.29, 1.82) is 0 Å². The van der Waals surface area contributed by atoms with Crippen LogP contribution in [0.25, 0.3) is 0 Å². The summed E-state index contributed by atoms with van der Waals surface area (Å²) in [5, 5.41) is 23.7. The number of aliphatic carboxylic acids is 1. The Morgan fingerprint density at radius 2 is 1.14 bits per heavy atom. The largest absolute Gasteiger partial charge is 0.550 e. The highest BCUT2D eigenvalue weighted by Gasteiger charge is 2.29. The first-order valence-electron chi connectivity index (χ1n) is 21.1. The number of Topliss-reactive ketones (excluding diaryl/α,β-unsaturated/α-hetero) is 4. The monoisotopic (exact) mass is 800 g/mol. The Kier molecular flexibility index (Phi) is 20.0. The summed E-state index contributed by atoms with van der Waals surface area (Å²) in [6.07, 6.45) is 21.7. The highest BCUT2D eigenvalue weighted by atomic mass is 35.5. The molecule has 56 heavy (non-hydrogen) atoms. The van der Waals surface area contributed by atoms with E-state index >= 15 is 0 Å². The Hall–Kier alpha value is -3.31. The van der Waals surface area contributed by atoms with Gasteiger partial charge in [0.2, 0.25) is 5.24 Å². The molecule has 0 amide bonds. The molecule has 5 saturated carbocycles. The van der Waals surface area contributed by atoms with E-state index in [0.717, 1.165) is 24.1 Å². The first-order chi connectivity index (χ1) is 26.5. The number of halogens is 1. The Labute approximate surface area is 338 Å². The predicted molar refractivity (Wildman–Crippen MR) is 213 cm³/mol. The van der Waals surface area contributed by atoms with Crippen LogP contribution in [0, 0.1) is 27.9 Å². The van der Waals surface area contributed by atoms with Crippen molar-refractivity contribution in [1.82, 2.24) is 0 Å². The van der Waals surface area contributed by atoms with E-state index in [2.05, 4.69) is 5.32 Å². The van der Waals surface area contributed by atoms with Crippen LogP contribution in [-0.2, 0) is 40.6 Å². The van der Waals surface area contributed by atoms with Gasteiger partial charge in [-0.3, -0.25) is 34.1 Å². The van der Waals surface area contributed by atoms with E-state index in [1.165, 1.54) is 64.2 Å². The standard InChI is InChI=1S/C18H23NO4.C12H23N.C7H9ClO2.C7H10O3/c1-18(2,3)14-6-5-13(17(11-14)19(22)23)10-15(20)7-4-12-8-16(21)9-12;1-3-7-11(8-4-1)13-12-9-5-2-6-10-12;8-7(10)2-1-5-3-6(9)4-5;8-6-3-5(4-6)1-2-7(9)10/h5-6,11-12H,4,7-10H2,1-3H3;11-13H,1-10H2;5H,1-4H2;5H,1-4H2,(H,9,10). The molecule has 0 aromatic heterocycles. The van der Waals surface area contributed by atoms with Crippen molar-refractivity contribution >= 4 is 51.6 Å². The number of ketones is 4. The summed E-state index contributed by atoms with van der Waals surface area (Å²) in [6, 6.07) is 7.13. The molecule has 312 valence electrons. The molecule has 11 nitrogen and oxygen atoms in total. The molecule has 1 aromatic carbocycles. The van der Waals surface area contributed by atoms with Crippen LogP contribution < -0.4 is 10.4 Å². The van der Waals surface area contributed by atoms with Gasteiger partial charge in [-0.05, 0) is 117 Å². The summed E-state index contributed by atoms with van der Waals surface area (Å²) in [5.41, 5.74) is 1.19. The maximum Gasteiger partial charge on any atom is 0.273 e. The van der Waals surface area contributed by atoms with E-state index in [0.29, 0.717) is 93.3 Å². The molecule has 5 aliphatic carbocycles. The molecule has 0 bridgehead atoms. The van der Waals surface area contributed by atoms with Crippen molar-refractivity contribution in [3.63, 3.8) is 0 Å². The van der Waals surface area contributed by atoms with Crippen molar-refractivity contribution < 1.29 is 44.1 Å². The average molecular weight is 801 g/mol. The Morgan fingerprint density at radius 1 is 0.714 bits per heavy atom. The van der Waals surface area contributed by atoms with Crippen LogP contribution in [0.5, 0.6) is 0 Å². The Balaban J connectivity index is 0.000000216. The first kappa shape index (κ1) is 47.1. The molecule has 6 rings (SSSR count). The highest BCUT2D eigenvalue weighted by molar-refractivity contribution is 6.63. The fourth-order valence-electron chi connectivity index (χ4n) is 8.06. The molecule has 5 aliphatic rings. The maximum absolute atomic E-state index is 12.1. The number of carbonyl (C=O) groups is 6. The van der Waals surface area contributed by atoms with Gasteiger partial charge < -0.3 is 15.2 Å². The molecule has 0 radical (unpaired) electrons. The summed E-state index contributed by atoms with van der Waals surface area (Å²) in [6.45, 7) is 5.99. The minimum absolute atomic E-state index is 0.00374. The van der Waals surface area contributed by atoms with Gasteiger partial charge in [0.1, 0.15) is 23.1 Å². The summed E-state index contributed by atoms with van der Waals surface area (Å²) >= 11 is 5.12. The molecule has 0 aliphatic heterocycles. The lowest BCUT2D eigenvalue weighted by Gasteiger charge is -2.27. The molecular weight excluding hydrogens is 736 g/mol. The zero-order chi connectivity index (χ0) is 41.3. The van der Waals surface area contributed by atoms with Gasteiger partial charge >= 0.3 is 0 Å². The van der Waals surface area contributed by atoms with Crippen molar-refractivity contribution in [2.24, 2.45) is 17.8 Å². The van der Waals surface area contributed by atoms with E-state index < -0.39 is 10.9 Å². The second-order valence-corrected chi connectivity index (χ2v) is 18.3. The fourth-order valence-corrected chi connectivity index (χ4v) is 8.17. The van der Waals surface area contributed by atoms with Crippen LogP contribution in [0.4, 0.5) is 5.69 Å². The number of nitro benzene ring substituents is 1. The number of carboxylic acid groups (broad SMARTS) is 1. The minimum atomic E-state index is -1.01. The molecule has 0 atom stereocenters. The summed E-state index contributed by atoms with van der Waals surface area (Å²) < 4.78 is 0. The van der Waals surface area contributed by atoms with E-state index in [1.54, 1.807) is 12.1 Å². The van der Waals surface area contributed by atoms with E-state index in [-0.39, 0.29) is 46.5 Å². The van der Waals surface area contributed by atoms with E-state index in [9.17, 15) is 44.0 Å². The van der Waals surface area contributed by atoms with E-state index in [1.807, 2.05) is 26.8 Å². The Morgan fingerprint density at radius 3 is 1.52 bits per heavy atom. The third kappa shape index (κ3) is 18.3. The third-order valence-corrected chi connectivity index (χ3v) is 12.0. The number of rotatable bonds is 14. The maximum atomic E-state index is 12.1. The van der Waals surface area contributed by atoms with Crippen LogP contribution in [0.1, 0.15) is 173 Å². The molecule has 2 N–H and O–H groups in total. The fraction of sp³-hybridized carbons (Fsp3) is 0.727. The quantitative estimate of drug-likeness (QED) is 0.118. The van der Waals surface area contributed by atoms with Gasteiger partial charge in [0, 0.05) is 75.4 Å². The molecule has 1 aromatic rings. The summed E-state index contributed by atoms with van der Waals surface area (Å²) in [5.74, 6) is 0.895. The first-order valence-corrected chi connectivity index (χ1v) is 21.4. The van der Waals surface area contributed by atoms with Gasteiger partial charge in [-0.15, -0.1) is 0 Å². The predicted octanol–water partition coefficient (Wildman–Crippen LogP) is 6.99. The van der Waals surface area contributed by atoms with Crippen molar-refractivity contribution in [2.75, 3.05) is 0 Å². The van der Waals surface area contributed by atoms with Gasteiger partial charge in [-0.25, -0.2) is 0 Å². The van der Waals surface area contributed by atoms with Crippen LogP contribution >= 0.6 is 11.6 Å². The molecule has 5 fully saturated rings. The normalized spacial score (nSPS) is 19.4. The SMILES string of the molecule is C1CCC([NH2+]C2CCCCC2)CC1.CC(C)(C)c1ccc(CC(=O)CCC2CC(=O)C2)c([N+](=O)[O-])c1.O=C(Cl)CCC1CC(=O)C1.O=C([O-])CCC1CC(=O)C1. The number of carbonyl (C=O) groups excluding carboxylic acids is 6. The number of hydrogen-bond donors (Lipinski definition) is 1. The van der Waals surface area contributed by atoms with Crippen molar-refractivity contribution in [2.45, 2.75) is 186 Å². The molecular formula is C44H65ClN2O9. The van der Waals surface area contributed by atoms with Gasteiger partial charge in [-0.1, -0.05) is 45.7 Å². The lowest BCUT2D eigenvalue weighted by Crippen LogP contribution is -2.95. The zero-order valence-electron chi connectivity index (χ0n) is 34.0. The topological polar surface area (TPSA) is 185 Å². The molecule has 12 heteroatoms. The van der Waals surface area contributed by atoms with Gasteiger partial charge in [0.25, 0.3) is 5.69 Å². The van der Waals surface area contributed by atoms with Gasteiger partial charge in [-0.2, -0.15) is 0 Å². The smallest absolute Gasteiger partial charge is 0.273 e. The lowest BCUT2D eigenvalue weighted by atomic mass is 9.80. The van der Waals surface area contributed by atoms with Crippen molar-refractivity contribution in [3.05, 3.63) is 39.4 Å². The lowest BCUT2D eigenvalue weighted by molar-refractivity contribution is -0.725. The molecule has 0 spiro atoms. The number of carboxylic acids is 1. The number of nitro groups is 1. The summed E-state index contributed by atoms with van der Waals surface area (Å²) in [4.78, 5) is 74.9. The van der Waals surface area contributed by atoms with Gasteiger partial charge in [0.15, 0.2) is 0 Å². The molecule has 0 heterocycles. The highest BCUT2D eigenvalue weighted by Crippen LogP contribution is 2.31. The molecule has 0 unspecified atom stereocenters.